The van der Waals surface area contributed by atoms with E-state index in [4.69, 9.17) is 4.74 Å². The summed E-state index contributed by atoms with van der Waals surface area (Å²) in [6.45, 7) is 1.65. The van der Waals surface area contributed by atoms with Gasteiger partial charge in [-0.3, -0.25) is 14.4 Å². The molecule has 0 bridgehead atoms. The number of carbonyl (C=O) groups is 1. The van der Waals surface area contributed by atoms with Crippen LogP contribution < -0.4 is 5.56 Å². The van der Waals surface area contributed by atoms with E-state index in [9.17, 15) is 27.8 Å². The predicted octanol–water partition coefficient (Wildman–Crippen LogP) is 2.55. The SMILES string of the molecule is CCOC(=O)/C(C#N)=C/c1c(-c2ccc(S(=O)(=O)O)cc2)[nH]n(-c2ccccc2)c1=O. The second-order valence-corrected chi connectivity index (χ2v) is 7.69. The van der Waals surface area contributed by atoms with Crippen molar-refractivity contribution in [1.82, 2.24) is 9.78 Å². The molecule has 158 valence electrons. The number of aromatic nitrogens is 2. The molecule has 2 aromatic carbocycles. The summed E-state index contributed by atoms with van der Waals surface area (Å²) in [5.74, 6) is -0.871. The van der Waals surface area contributed by atoms with E-state index >= 15 is 0 Å². The zero-order chi connectivity index (χ0) is 22.6. The summed E-state index contributed by atoms with van der Waals surface area (Å²) in [4.78, 5) is 24.8. The minimum Gasteiger partial charge on any atom is -0.462 e. The van der Waals surface area contributed by atoms with Gasteiger partial charge in [-0.05, 0) is 37.3 Å². The number of esters is 1. The van der Waals surface area contributed by atoms with E-state index in [1.165, 1.54) is 28.9 Å². The topological polar surface area (TPSA) is 142 Å². The number of nitriles is 1. The van der Waals surface area contributed by atoms with E-state index in [0.29, 0.717) is 11.3 Å². The summed E-state index contributed by atoms with van der Waals surface area (Å²) < 4.78 is 37.9. The number of nitrogens with one attached hydrogen (secondary N) is 1. The van der Waals surface area contributed by atoms with Crippen LogP contribution in [-0.2, 0) is 19.6 Å². The maximum atomic E-state index is 13.1. The number of carbonyl (C=O) groups excluding carboxylic acids is 1. The van der Waals surface area contributed by atoms with Gasteiger partial charge in [-0.2, -0.15) is 13.7 Å². The lowest BCUT2D eigenvalue weighted by Gasteiger charge is -2.03. The molecule has 0 radical (unpaired) electrons. The zero-order valence-electron chi connectivity index (χ0n) is 16.3. The Morgan fingerprint density at radius 2 is 1.84 bits per heavy atom. The smallest absolute Gasteiger partial charge is 0.348 e. The van der Waals surface area contributed by atoms with Crippen molar-refractivity contribution in [2.75, 3.05) is 6.61 Å². The number of ether oxygens (including phenoxy) is 1. The normalized spacial score (nSPS) is 11.7. The Morgan fingerprint density at radius 1 is 1.19 bits per heavy atom. The molecule has 1 aromatic heterocycles. The van der Waals surface area contributed by atoms with E-state index in [1.807, 2.05) is 0 Å². The van der Waals surface area contributed by atoms with Crippen molar-refractivity contribution < 1.29 is 22.5 Å². The maximum absolute atomic E-state index is 13.1. The number of H-pyrrole nitrogens is 1. The van der Waals surface area contributed by atoms with Gasteiger partial charge in [-0.15, -0.1) is 0 Å². The largest absolute Gasteiger partial charge is 0.462 e. The van der Waals surface area contributed by atoms with Gasteiger partial charge in [-0.1, -0.05) is 30.3 Å². The fourth-order valence-electron chi connectivity index (χ4n) is 2.85. The third-order valence-electron chi connectivity index (χ3n) is 4.29. The summed E-state index contributed by atoms with van der Waals surface area (Å²) in [5.41, 5.74) is 0.260. The lowest BCUT2D eigenvalue weighted by molar-refractivity contribution is -0.137. The second kappa shape index (κ2) is 8.83. The monoisotopic (exact) mass is 439 g/mol. The maximum Gasteiger partial charge on any atom is 0.348 e. The molecule has 31 heavy (non-hydrogen) atoms. The van der Waals surface area contributed by atoms with Gasteiger partial charge in [0.2, 0.25) is 0 Å². The van der Waals surface area contributed by atoms with Crippen LogP contribution in [0.15, 0.2) is 69.9 Å². The van der Waals surface area contributed by atoms with Gasteiger partial charge in [0.1, 0.15) is 11.6 Å². The Labute approximate surface area is 177 Å². The predicted molar refractivity (Wildman–Crippen MR) is 112 cm³/mol. The fraction of sp³-hybridized carbons (Fsp3) is 0.0952. The first-order valence-corrected chi connectivity index (χ1v) is 10.5. The molecule has 0 saturated carbocycles. The van der Waals surface area contributed by atoms with Gasteiger partial charge in [-0.25, -0.2) is 9.48 Å². The van der Waals surface area contributed by atoms with E-state index in [2.05, 4.69) is 5.10 Å². The van der Waals surface area contributed by atoms with Crippen LogP contribution in [0.4, 0.5) is 0 Å². The van der Waals surface area contributed by atoms with Gasteiger partial charge >= 0.3 is 5.97 Å². The highest BCUT2D eigenvalue weighted by Crippen LogP contribution is 2.24. The Bertz CT molecular complexity index is 1340. The van der Waals surface area contributed by atoms with Crippen molar-refractivity contribution in [1.29, 1.82) is 5.26 Å². The molecular weight excluding hydrogens is 422 g/mol. The van der Waals surface area contributed by atoms with Crippen molar-refractivity contribution in [3.63, 3.8) is 0 Å². The first-order chi connectivity index (χ1) is 14.8. The molecule has 0 fully saturated rings. The molecule has 10 heteroatoms. The standard InChI is InChI=1S/C21H17N3O6S/c1-2-30-21(26)15(13-22)12-18-19(14-8-10-17(11-9-14)31(27,28)29)23-24(20(18)25)16-6-4-3-5-7-16/h3-12,23H,2H2,1H3,(H,27,28,29)/b15-12+. The lowest BCUT2D eigenvalue weighted by Crippen LogP contribution is -2.16. The van der Waals surface area contributed by atoms with Crippen LogP contribution >= 0.6 is 0 Å². The highest BCUT2D eigenvalue weighted by Gasteiger charge is 2.19. The van der Waals surface area contributed by atoms with Crippen LogP contribution in [0, 0.1) is 11.3 Å². The lowest BCUT2D eigenvalue weighted by atomic mass is 10.1. The highest BCUT2D eigenvalue weighted by atomic mass is 32.2. The van der Waals surface area contributed by atoms with E-state index in [0.717, 1.165) is 6.08 Å². The van der Waals surface area contributed by atoms with Crippen LogP contribution in [0.1, 0.15) is 12.5 Å². The van der Waals surface area contributed by atoms with Gasteiger partial charge in [0, 0.05) is 5.56 Å². The van der Waals surface area contributed by atoms with Crippen molar-refractivity contribution in [3.8, 4) is 23.0 Å². The number of hydrogen-bond acceptors (Lipinski definition) is 6. The number of aromatic amines is 1. The van der Waals surface area contributed by atoms with Crippen LogP contribution in [0.25, 0.3) is 23.0 Å². The molecule has 0 saturated heterocycles. The Hall–Kier alpha value is -3.94. The van der Waals surface area contributed by atoms with Crippen LogP contribution in [0.5, 0.6) is 0 Å². The van der Waals surface area contributed by atoms with Gasteiger partial charge < -0.3 is 4.74 Å². The molecule has 0 amide bonds. The summed E-state index contributed by atoms with van der Waals surface area (Å²) in [6, 6.07) is 15.5. The molecule has 0 aliphatic heterocycles. The first-order valence-electron chi connectivity index (χ1n) is 9.03. The molecule has 1 heterocycles. The Kier molecular flexibility index (Phi) is 6.20. The van der Waals surface area contributed by atoms with Crippen molar-refractivity contribution in [3.05, 3.63) is 76.1 Å². The third-order valence-corrected chi connectivity index (χ3v) is 5.15. The molecule has 2 N–H and O–H groups in total. The van der Waals surface area contributed by atoms with Gasteiger partial charge in [0.15, 0.2) is 0 Å². The third kappa shape index (κ3) is 4.63. The Balaban J connectivity index is 2.24. The van der Waals surface area contributed by atoms with Crippen LogP contribution in [-0.4, -0.2) is 35.3 Å². The van der Waals surface area contributed by atoms with Crippen molar-refractivity contribution >= 4 is 22.2 Å². The number of nitrogens with zero attached hydrogens (tertiary/aromatic N) is 2. The molecular formula is C21H17N3O6S. The van der Waals surface area contributed by atoms with E-state index < -0.39 is 21.6 Å². The minimum atomic E-state index is -4.39. The van der Waals surface area contributed by atoms with Crippen LogP contribution in [0.3, 0.4) is 0 Å². The molecule has 0 aliphatic carbocycles. The average molecular weight is 439 g/mol. The number of para-hydroxylation sites is 1. The summed E-state index contributed by atoms with van der Waals surface area (Å²) in [5, 5.41) is 12.3. The number of rotatable bonds is 6. The van der Waals surface area contributed by atoms with Gasteiger partial charge in [0.05, 0.1) is 28.4 Å². The molecule has 3 aromatic rings. The highest BCUT2D eigenvalue weighted by molar-refractivity contribution is 7.85. The number of benzene rings is 2. The fourth-order valence-corrected chi connectivity index (χ4v) is 3.33. The van der Waals surface area contributed by atoms with E-state index in [1.54, 1.807) is 43.3 Å². The summed E-state index contributed by atoms with van der Waals surface area (Å²) >= 11 is 0. The quantitative estimate of drug-likeness (QED) is 0.260. The molecule has 0 aliphatic rings. The molecule has 0 unspecified atom stereocenters. The molecule has 0 atom stereocenters. The summed E-state index contributed by atoms with van der Waals surface area (Å²) in [6.07, 6.45) is 1.13. The molecule has 0 spiro atoms. The second-order valence-electron chi connectivity index (χ2n) is 6.27. The number of hydrogen-bond donors (Lipinski definition) is 2. The van der Waals surface area contributed by atoms with E-state index in [-0.39, 0.29) is 28.3 Å². The average Bonchev–Trinajstić information content (AvgIpc) is 3.08. The molecule has 9 nitrogen and oxygen atoms in total. The van der Waals surface area contributed by atoms with Gasteiger partial charge in [0.25, 0.3) is 15.7 Å². The summed E-state index contributed by atoms with van der Waals surface area (Å²) in [7, 11) is -4.39. The first kappa shape index (κ1) is 21.8. The van der Waals surface area contributed by atoms with Crippen LogP contribution in [0.2, 0.25) is 0 Å². The minimum absolute atomic E-state index is 0.00746. The zero-order valence-corrected chi connectivity index (χ0v) is 17.1. The Morgan fingerprint density at radius 3 is 2.39 bits per heavy atom. The molecule has 3 rings (SSSR count). The van der Waals surface area contributed by atoms with Crippen molar-refractivity contribution in [2.24, 2.45) is 0 Å². The van der Waals surface area contributed by atoms with Crippen molar-refractivity contribution in [2.45, 2.75) is 11.8 Å².